The van der Waals surface area contributed by atoms with E-state index in [2.05, 4.69) is 0 Å². The fourth-order valence-electron chi connectivity index (χ4n) is 9.45. The van der Waals surface area contributed by atoms with Gasteiger partial charge in [0.1, 0.15) is 0 Å². The van der Waals surface area contributed by atoms with Gasteiger partial charge in [-0.15, -0.1) is 0 Å². The number of methoxy groups -OCH3 is 1. The monoisotopic (exact) mass is 771 g/mol. The number of anilines is 1. The molecule has 7 nitrogen and oxygen atoms in total. The van der Waals surface area contributed by atoms with Gasteiger partial charge in [0.25, 0.3) is 0 Å². The average Bonchev–Trinajstić information content (AvgIpc) is 3.44. The molecule has 8 rings (SSSR count). The van der Waals surface area contributed by atoms with Crippen molar-refractivity contribution in [2.75, 3.05) is 12.0 Å². The van der Waals surface area contributed by atoms with Crippen molar-refractivity contribution >= 4 is 34.6 Å². The number of phenols is 1. The Kier molecular flexibility index (Phi) is 8.62. The first-order chi connectivity index (χ1) is 26.6. The van der Waals surface area contributed by atoms with Gasteiger partial charge in [0.05, 0.1) is 41.2 Å². The van der Waals surface area contributed by atoms with E-state index in [4.69, 9.17) is 4.74 Å². The molecule has 1 saturated heterocycles. The molecule has 13 heteroatoms. The Balaban J connectivity index is 1.34. The predicted octanol–water partition coefficient (Wildman–Crippen LogP) is 8.47. The Morgan fingerprint density at radius 2 is 1.39 bits per heavy atom. The molecule has 0 bridgehead atoms. The molecule has 286 valence electrons. The van der Waals surface area contributed by atoms with Gasteiger partial charge in [0.2, 0.25) is 11.8 Å². The number of allylic oxidation sites excluding steroid dienone is 4. The van der Waals surface area contributed by atoms with Crippen LogP contribution in [-0.4, -0.2) is 35.6 Å². The van der Waals surface area contributed by atoms with E-state index in [0.717, 1.165) is 0 Å². The molecule has 0 spiro atoms. The van der Waals surface area contributed by atoms with Crippen LogP contribution in [0, 0.1) is 23.7 Å². The minimum absolute atomic E-state index is 0.0529. The van der Waals surface area contributed by atoms with Crippen molar-refractivity contribution in [3.8, 4) is 11.5 Å². The topological polar surface area (TPSA) is 101 Å². The van der Waals surface area contributed by atoms with Crippen LogP contribution < -0.4 is 9.64 Å². The summed E-state index contributed by atoms with van der Waals surface area (Å²) in [5.41, 5.74) is -3.84. The minimum atomic E-state index is -5.23. The Morgan fingerprint density at radius 3 is 2.00 bits per heavy atom. The van der Waals surface area contributed by atoms with E-state index in [1.807, 2.05) is 0 Å². The van der Waals surface area contributed by atoms with E-state index in [9.17, 15) is 41.0 Å². The van der Waals surface area contributed by atoms with Crippen molar-refractivity contribution < 1.29 is 55.4 Å². The maximum Gasteiger partial charge on any atom is 0.416 e. The number of imide groups is 1. The number of ether oxygens (including phenoxy) is 1. The third kappa shape index (κ3) is 5.57. The zero-order chi connectivity index (χ0) is 39.9. The summed E-state index contributed by atoms with van der Waals surface area (Å²) in [6, 6.07) is 22.3. The van der Waals surface area contributed by atoms with Crippen LogP contribution in [0.2, 0.25) is 0 Å². The molecule has 0 radical (unpaired) electrons. The van der Waals surface area contributed by atoms with Crippen molar-refractivity contribution in [3.05, 3.63) is 143 Å². The fraction of sp³-hybridized carbons (Fsp3) is 0.256. The number of fused-ring (bicyclic) bond motifs is 4. The van der Waals surface area contributed by atoms with Crippen LogP contribution >= 0.6 is 0 Å². The van der Waals surface area contributed by atoms with Crippen molar-refractivity contribution in [2.45, 2.75) is 36.5 Å². The minimum Gasteiger partial charge on any atom is -0.504 e. The Labute approximate surface area is 315 Å². The summed E-state index contributed by atoms with van der Waals surface area (Å²) in [4.78, 5) is 59.2. The summed E-state index contributed by atoms with van der Waals surface area (Å²) in [5.74, 6) is -8.57. The molecule has 4 aromatic carbocycles. The van der Waals surface area contributed by atoms with Crippen LogP contribution in [0.1, 0.15) is 46.6 Å². The number of carbonyl (C=O) groups excluding carboxylic acids is 4. The van der Waals surface area contributed by atoms with Crippen molar-refractivity contribution in [1.82, 2.24) is 0 Å². The number of phenolic OH excluding ortho intramolecular Hbond substituents is 1. The molecule has 0 aromatic heterocycles. The number of carbonyl (C=O) groups is 4. The second-order valence-corrected chi connectivity index (χ2v) is 14.5. The molecule has 2 fully saturated rings. The Morgan fingerprint density at radius 1 is 0.768 bits per heavy atom. The van der Waals surface area contributed by atoms with Gasteiger partial charge in [0.15, 0.2) is 23.1 Å². The summed E-state index contributed by atoms with van der Waals surface area (Å²) < 4.78 is 89.0. The molecule has 3 aliphatic carbocycles. The molecule has 0 unspecified atom stereocenters. The summed E-state index contributed by atoms with van der Waals surface area (Å²) in [7, 11) is 1.34. The lowest BCUT2D eigenvalue weighted by molar-refractivity contribution is -0.143. The van der Waals surface area contributed by atoms with E-state index < -0.39 is 87.6 Å². The van der Waals surface area contributed by atoms with Crippen LogP contribution in [0.15, 0.2) is 115 Å². The normalized spacial score (nSPS) is 26.3. The molecule has 1 N–H and O–H groups in total. The number of amides is 2. The molecule has 1 aliphatic heterocycles. The lowest BCUT2D eigenvalue weighted by Gasteiger charge is -2.55. The highest BCUT2D eigenvalue weighted by atomic mass is 19.4. The van der Waals surface area contributed by atoms with Crippen LogP contribution in [0.5, 0.6) is 11.5 Å². The van der Waals surface area contributed by atoms with Crippen LogP contribution in [0.4, 0.5) is 32.0 Å². The molecule has 1 saturated carbocycles. The number of rotatable bonds is 5. The van der Waals surface area contributed by atoms with E-state index in [1.54, 1.807) is 72.8 Å². The Bertz CT molecular complexity index is 2340. The summed E-state index contributed by atoms with van der Waals surface area (Å²) in [6.07, 6.45) is -7.71. The van der Waals surface area contributed by atoms with Crippen LogP contribution in [0.25, 0.3) is 5.57 Å². The highest BCUT2D eigenvalue weighted by molar-refractivity contribution is 6.32. The van der Waals surface area contributed by atoms with E-state index >= 15 is 9.59 Å². The van der Waals surface area contributed by atoms with Gasteiger partial charge >= 0.3 is 12.4 Å². The van der Waals surface area contributed by atoms with Gasteiger partial charge < -0.3 is 9.84 Å². The predicted molar refractivity (Wildman–Crippen MR) is 190 cm³/mol. The van der Waals surface area contributed by atoms with Gasteiger partial charge in [-0.05, 0) is 71.9 Å². The first-order valence-electron chi connectivity index (χ1n) is 17.7. The lowest BCUT2D eigenvalue weighted by Crippen LogP contribution is -2.58. The largest absolute Gasteiger partial charge is 0.504 e. The number of benzene rings is 4. The molecule has 4 aromatic rings. The van der Waals surface area contributed by atoms with E-state index in [0.29, 0.717) is 39.3 Å². The molecule has 6 atom stereocenters. The van der Waals surface area contributed by atoms with Gasteiger partial charge in [-0.3, -0.25) is 19.2 Å². The molecular formula is C43H31F6NO6. The van der Waals surface area contributed by atoms with E-state index in [1.165, 1.54) is 25.3 Å². The highest BCUT2D eigenvalue weighted by Gasteiger charge is 2.66. The number of nitrogens with zero attached hydrogens (tertiary/aromatic N) is 1. The molecule has 2 amide bonds. The van der Waals surface area contributed by atoms with Gasteiger partial charge in [-0.1, -0.05) is 78.4 Å². The quantitative estimate of drug-likeness (QED) is 0.124. The second kappa shape index (κ2) is 13.1. The number of halogens is 6. The first-order valence-corrected chi connectivity index (χ1v) is 17.7. The summed E-state index contributed by atoms with van der Waals surface area (Å²) in [5, 5.41) is 10.6. The van der Waals surface area contributed by atoms with E-state index in [-0.39, 0.29) is 36.0 Å². The van der Waals surface area contributed by atoms with Crippen molar-refractivity contribution in [3.63, 3.8) is 0 Å². The third-order valence-electron chi connectivity index (χ3n) is 11.7. The number of hydrogen-bond acceptors (Lipinski definition) is 6. The fourth-order valence-corrected chi connectivity index (χ4v) is 9.45. The molecule has 4 aliphatic rings. The molecule has 56 heavy (non-hydrogen) atoms. The zero-order valence-electron chi connectivity index (χ0n) is 29.4. The lowest BCUT2D eigenvalue weighted by atomic mass is 9.44. The number of alkyl halides is 6. The number of Topliss-reactive ketones (excluding diaryl/α,β-unsaturated/α-hetero) is 1. The molecular weight excluding hydrogens is 740 g/mol. The summed E-state index contributed by atoms with van der Waals surface area (Å²) >= 11 is 0. The number of ketones is 2. The van der Waals surface area contributed by atoms with Gasteiger partial charge in [-0.25, -0.2) is 4.90 Å². The van der Waals surface area contributed by atoms with Crippen LogP contribution in [0.3, 0.4) is 0 Å². The Hall–Kier alpha value is -5.98. The number of hydrogen-bond donors (Lipinski definition) is 1. The van der Waals surface area contributed by atoms with Gasteiger partial charge in [0, 0.05) is 17.4 Å². The summed E-state index contributed by atoms with van der Waals surface area (Å²) in [6.45, 7) is 0. The zero-order valence-corrected chi connectivity index (χ0v) is 29.4. The number of aromatic hydroxyl groups is 1. The maximum absolute atomic E-state index is 15.1. The SMILES string of the molecule is COc1cc([C@H]2C3=CC[C@@H]4C(=O)N(c5cc(C(F)(F)F)cc(C(F)(F)F)c5)C(=O)[C@@H]4[C@@H]3C[C@H]3C(=O)C(c4ccccc4)=CC(=O)[C@@]23c2ccccc2)ccc1O. The van der Waals surface area contributed by atoms with Gasteiger partial charge in [-0.2, -0.15) is 26.3 Å². The van der Waals surface area contributed by atoms with Crippen molar-refractivity contribution in [2.24, 2.45) is 23.7 Å². The first kappa shape index (κ1) is 37.0. The maximum atomic E-state index is 15.1. The van der Waals surface area contributed by atoms with Crippen LogP contribution in [-0.2, 0) is 36.9 Å². The third-order valence-corrected chi connectivity index (χ3v) is 11.7. The second-order valence-electron chi connectivity index (χ2n) is 14.5. The average molecular weight is 772 g/mol. The molecule has 1 heterocycles. The highest BCUT2D eigenvalue weighted by Crippen LogP contribution is 2.64. The smallest absolute Gasteiger partial charge is 0.416 e. The standard InChI is InChI=1S/C43H31F6NO6/c1-56-34-16-23(12-15-33(34)51)37-28-13-14-29-36(40(55)50(39(29)54)27-18-25(42(44,45)46)17-26(19-27)43(47,48)49)31(28)20-32-38(53)30(22-8-4-2-5-9-22)21-35(52)41(32,37)24-10-6-3-7-11-24/h2-13,15-19,21,29,31-32,36-37,51H,14,20H2,1H3/t29-,31+,32-,36-,37-,41-/m0/s1. The van der Waals surface area contributed by atoms with Crippen molar-refractivity contribution in [1.29, 1.82) is 0 Å².